The van der Waals surface area contributed by atoms with E-state index in [0.29, 0.717) is 6.04 Å². The van der Waals surface area contributed by atoms with Crippen molar-refractivity contribution in [3.63, 3.8) is 0 Å². The second kappa shape index (κ2) is 6.27. The first-order valence-corrected chi connectivity index (χ1v) is 7.72. The number of aryl methyl sites for hydroxylation is 1. The third-order valence-electron chi connectivity index (χ3n) is 4.36. The number of aromatic amines is 1. The van der Waals surface area contributed by atoms with Crippen molar-refractivity contribution in [2.45, 2.75) is 38.8 Å². The van der Waals surface area contributed by atoms with Gasteiger partial charge in [0.15, 0.2) is 0 Å². The fourth-order valence-electron chi connectivity index (χ4n) is 3.30. The van der Waals surface area contributed by atoms with Crippen LogP contribution in [0.15, 0.2) is 47.3 Å². The van der Waals surface area contributed by atoms with Gasteiger partial charge in [-0.25, -0.2) is 0 Å². The molecule has 2 heterocycles. The number of aromatic nitrogens is 1. The molecule has 3 heteroatoms. The third kappa shape index (κ3) is 3.24. The maximum absolute atomic E-state index is 11.4. The molecular formula is C18H22N2O. The highest BCUT2D eigenvalue weighted by molar-refractivity contribution is 5.24. The molecule has 0 radical (unpaired) electrons. The molecule has 0 aliphatic carbocycles. The zero-order valence-corrected chi connectivity index (χ0v) is 12.5. The molecule has 1 N–H and O–H groups in total. The molecule has 0 amide bonds. The second-order valence-electron chi connectivity index (χ2n) is 5.87. The van der Waals surface area contributed by atoms with E-state index in [9.17, 15) is 4.79 Å². The van der Waals surface area contributed by atoms with Gasteiger partial charge in [0.1, 0.15) is 0 Å². The summed E-state index contributed by atoms with van der Waals surface area (Å²) in [6, 6.07) is 14.7. The molecule has 0 saturated carbocycles. The van der Waals surface area contributed by atoms with Crippen LogP contribution >= 0.6 is 0 Å². The summed E-state index contributed by atoms with van der Waals surface area (Å²) in [6.45, 7) is 4.11. The van der Waals surface area contributed by atoms with Gasteiger partial charge in [0.25, 0.3) is 0 Å². The Labute approximate surface area is 125 Å². The van der Waals surface area contributed by atoms with Crippen LogP contribution in [0.25, 0.3) is 0 Å². The number of likely N-dealkylation sites (tertiary alicyclic amines) is 1. The van der Waals surface area contributed by atoms with Crippen molar-refractivity contribution in [2.24, 2.45) is 0 Å². The molecule has 1 atom stereocenters. The highest BCUT2D eigenvalue weighted by atomic mass is 16.1. The Bertz CT molecular complexity index is 648. The van der Waals surface area contributed by atoms with E-state index in [1.165, 1.54) is 30.4 Å². The topological polar surface area (TPSA) is 36.1 Å². The van der Waals surface area contributed by atoms with Gasteiger partial charge in [-0.2, -0.15) is 0 Å². The molecule has 21 heavy (non-hydrogen) atoms. The molecule has 1 saturated heterocycles. The molecule has 0 spiro atoms. The van der Waals surface area contributed by atoms with Gasteiger partial charge in [-0.05, 0) is 37.4 Å². The summed E-state index contributed by atoms with van der Waals surface area (Å²) in [4.78, 5) is 16.9. The van der Waals surface area contributed by atoms with Crippen molar-refractivity contribution in [2.75, 3.05) is 6.54 Å². The van der Waals surface area contributed by atoms with E-state index in [-0.39, 0.29) is 5.56 Å². The summed E-state index contributed by atoms with van der Waals surface area (Å²) < 4.78 is 0. The zero-order chi connectivity index (χ0) is 14.7. The average Bonchev–Trinajstić information content (AvgIpc) is 2.49. The van der Waals surface area contributed by atoms with Crippen molar-refractivity contribution in [1.29, 1.82) is 0 Å². The van der Waals surface area contributed by atoms with E-state index in [2.05, 4.69) is 40.2 Å². The van der Waals surface area contributed by atoms with Gasteiger partial charge in [0, 0.05) is 24.3 Å². The third-order valence-corrected chi connectivity index (χ3v) is 4.36. The van der Waals surface area contributed by atoms with Crippen molar-refractivity contribution < 1.29 is 0 Å². The van der Waals surface area contributed by atoms with E-state index in [1.54, 1.807) is 6.07 Å². The number of benzene rings is 1. The van der Waals surface area contributed by atoms with E-state index < -0.39 is 0 Å². The lowest BCUT2D eigenvalue weighted by atomic mass is 9.94. The van der Waals surface area contributed by atoms with Crippen LogP contribution in [0.3, 0.4) is 0 Å². The van der Waals surface area contributed by atoms with Gasteiger partial charge < -0.3 is 4.98 Å². The minimum Gasteiger partial charge on any atom is -0.326 e. The quantitative estimate of drug-likeness (QED) is 0.936. The van der Waals surface area contributed by atoms with Gasteiger partial charge >= 0.3 is 0 Å². The number of rotatable bonds is 3. The fourth-order valence-corrected chi connectivity index (χ4v) is 3.30. The first kappa shape index (κ1) is 14.1. The van der Waals surface area contributed by atoms with Crippen molar-refractivity contribution in [3.8, 4) is 0 Å². The summed E-state index contributed by atoms with van der Waals surface area (Å²) >= 11 is 0. The Morgan fingerprint density at radius 3 is 2.71 bits per heavy atom. The lowest BCUT2D eigenvalue weighted by Gasteiger charge is -2.36. The molecule has 110 valence electrons. The highest BCUT2D eigenvalue weighted by Gasteiger charge is 2.25. The van der Waals surface area contributed by atoms with Gasteiger partial charge in [0.2, 0.25) is 5.56 Å². The minimum absolute atomic E-state index is 0.0123. The predicted octanol–water partition coefficient (Wildman–Crippen LogP) is 3.41. The van der Waals surface area contributed by atoms with Crippen molar-refractivity contribution >= 4 is 0 Å². The molecule has 2 aromatic rings. The Morgan fingerprint density at radius 1 is 1.14 bits per heavy atom. The summed E-state index contributed by atoms with van der Waals surface area (Å²) in [6.07, 6.45) is 3.68. The Kier molecular flexibility index (Phi) is 4.20. The van der Waals surface area contributed by atoms with E-state index in [1.807, 2.05) is 13.0 Å². The molecule has 0 unspecified atom stereocenters. The molecule has 3 nitrogen and oxygen atoms in total. The van der Waals surface area contributed by atoms with E-state index >= 15 is 0 Å². The van der Waals surface area contributed by atoms with Crippen LogP contribution < -0.4 is 5.56 Å². The number of hydrogen-bond acceptors (Lipinski definition) is 2. The number of nitrogens with zero attached hydrogens (tertiary/aromatic N) is 1. The molecule has 1 aliphatic rings. The average molecular weight is 282 g/mol. The van der Waals surface area contributed by atoms with Gasteiger partial charge in [-0.1, -0.05) is 42.8 Å². The Hall–Kier alpha value is -1.87. The van der Waals surface area contributed by atoms with E-state index in [0.717, 1.165) is 18.8 Å². The van der Waals surface area contributed by atoms with Crippen LogP contribution in [0.1, 0.15) is 42.1 Å². The van der Waals surface area contributed by atoms with Crippen LogP contribution in [0.4, 0.5) is 0 Å². The standard InChI is InChI=1S/C18H22N2O/c1-14-16(10-11-18(21)19-14)17-9-5-6-12-20(17)13-15-7-3-2-4-8-15/h2-4,7-8,10-11,17H,5-6,9,12-13H2,1H3,(H,19,21)/t17-/m0/s1. The second-order valence-corrected chi connectivity index (χ2v) is 5.87. The molecule has 1 aromatic carbocycles. The Balaban J connectivity index is 1.86. The van der Waals surface area contributed by atoms with Crippen molar-refractivity contribution in [1.82, 2.24) is 9.88 Å². The maximum atomic E-state index is 11.4. The molecule has 3 rings (SSSR count). The van der Waals surface area contributed by atoms with Gasteiger partial charge in [-0.3, -0.25) is 9.69 Å². The number of H-pyrrole nitrogens is 1. The molecule has 1 fully saturated rings. The zero-order valence-electron chi connectivity index (χ0n) is 12.5. The summed E-state index contributed by atoms with van der Waals surface area (Å²) in [7, 11) is 0. The number of hydrogen-bond donors (Lipinski definition) is 1. The van der Waals surface area contributed by atoms with Gasteiger partial charge in [-0.15, -0.1) is 0 Å². The molecule has 1 aliphatic heterocycles. The number of pyridine rings is 1. The van der Waals surface area contributed by atoms with Gasteiger partial charge in [0.05, 0.1) is 0 Å². The minimum atomic E-state index is -0.0123. The summed E-state index contributed by atoms with van der Waals surface area (Å²) in [5.41, 5.74) is 3.62. The molecular weight excluding hydrogens is 260 g/mol. The largest absolute Gasteiger partial charge is 0.326 e. The molecule has 0 bridgehead atoms. The predicted molar refractivity (Wildman–Crippen MR) is 85.2 cm³/mol. The van der Waals surface area contributed by atoms with Crippen LogP contribution in [0, 0.1) is 6.92 Å². The van der Waals surface area contributed by atoms with Crippen LogP contribution in [0.5, 0.6) is 0 Å². The van der Waals surface area contributed by atoms with Crippen molar-refractivity contribution in [3.05, 3.63) is 69.6 Å². The number of piperidine rings is 1. The lowest BCUT2D eigenvalue weighted by molar-refractivity contribution is 0.139. The first-order chi connectivity index (χ1) is 10.2. The molecule has 1 aromatic heterocycles. The SMILES string of the molecule is Cc1[nH]c(=O)ccc1[C@@H]1CCCCN1Cc1ccccc1. The lowest BCUT2D eigenvalue weighted by Crippen LogP contribution is -2.33. The van der Waals surface area contributed by atoms with Crippen LogP contribution in [0.2, 0.25) is 0 Å². The smallest absolute Gasteiger partial charge is 0.248 e. The summed E-state index contributed by atoms with van der Waals surface area (Å²) in [5, 5.41) is 0. The normalized spacial score (nSPS) is 19.6. The number of nitrogens with one attached hydrogen (secondary N) is 1. The summed E-state index contributed by atoms with van der Waals surface area (Å²) in [5.74, 6) is 0. The van der Waals surface area contributed by atoms with Crippen LogP contribution in [-0.2, 0) is 6.54 Å². The van der Waals surface area contributed by atoms with Crippen LogP contribution in [-0.4, -0.2) is 16.4 Å². The monoisotopic (exact) mass is 282 g/mol. The Morgan fingerprint density at radius 2 is 1.95 bits per heavy atom. The first-order valence-electron chi connectivity index (χ1n) is 7.72. The van der Waals surface area contributed by atoms with E-state index in [4.69, 9.17) is 0 Å². The highest BCUT2D eigenvalue weighted by Crippen LogP contribution is 2.32. The maximum Gasteiger partial charge on any atom is 0.248 e. The fraction of sp³-hybridized carbons (Fsp3) is 0.389.